The molecule has 0 spiro atoms. The summed E-state index contributed by atoms with van der Waals surface area (Å²) in [5.74, 6) is -0.243. The van der Waals surface area contributed by atoms with Crippen molar-refractivity contribution < 1.29 is 4.79 Å². The van der Waals surface area contributed by atoms with Gasteiger partial charge in [-0.25, -0.2) is 0 Å². The van der Waals surface area contributed by atoms with Gasteiger partial charge in [-0.1, -0.05) is 32.0 Å². The summed E-state index contributed by atoms with van der Waals surface area (Å²) in [7, 11) is 0. The smallest absolute Gasteiger partial charge is 0.228 e. The Morgan fingerprint density at radius 2 is 1.94 bits per heavy atom. The first-order chi connectivity index (χ1) is 8.15. The zero-order valence-corrected chi connectivity index (χ0v) is 10.3. The average molecular weight is 230 g/mol. The number of carbonyl (C=O) groups excluding carboxylic acids is 1. The SMILES string of the molecule is CCC(CC)(C(N)=O)c1c[nH]c2ccccc12. The summed E-state index contributed by atoms with van der Waals surface area (Å²) in [6.45, 7) is 4.02. The second-order valence-corrected chi connectivity index (χ2v) is 4.40. The number of H-pyrrole nitrogens is 1. The standard InChI is InChI=1S/C14H18N2O/c1-3-14(4-2,13(15)17)11-9-16-12-8-6-5-7-10(11)12/h5-9,16H,3-4H2,1-2H3,(H2,15,17). The summed E-state index contributed by atoms with van der Waals surface area (Å²) >= 11 is 0. The number of primary amides is 1. The van der Waals surface area contributed by atoms with Gasteiger partial charge in [0.2, 0.25) is 5.91 Å². The van der Waals surface area contributed by atoms with Gasteiger partial charge in [0.1, 0.15) is 0 Å². The topological polar surface area (TPSA) is 58.9 Å². The lowest BCUT2D eigenvalue weighted by Crippen LogP contribution is -2.40. The number of aromatic nitrogens is 1. The number of amides is 1. The van der Waals surface area contributed by atoms with Gasteiger partial charge in [0.25, 0.3) is 0 Å². The molecule has 0 fully saturated rings. The van der Waals surface area contributed by atoms with Gasteiger partial charge >= 0.3 is 0 Å². The van der Waals surface area contributed by atoms with Crippen LogP contribution in [-0.4, -0.2) is 10.9 Å². The predicted octanol–water partition coefficient (Wildman–Crippen LogP) is 2.71. The van der Waals surface area contributed by atoms with Crippen molar-refractivity contribution in [2.75, 3.05) is 0 Å². The maximum absolute atomic E-state index is 11.8. The number of carbonyl (C=O) groups is 1. The third-order valence-corrected chi connectivity index (χ3v) is 3.78. The molecule has 0 saturated carbocycles. The fraction of sp³-hybridized carbons (Fsp3) is 0.357. The van der Waals surface area contributed by atoms with Crippen LogP contribution in [0.2, 0.25) is 0 Å². The van der Waals surface area contributed by atoms with Crippen LogP contribution in [0.3, 0.4) is 0 Å². The molecular weight excluding hydrogens is 212 g/mol. The van der Waals surface area contributed by atoms with E-state index in [-0.39, 0.29) is 5.91 Å². The van der Waals surface area contributed by atoms with E-state index in [0.717, 1.165) is 29.3 Å². The van der Waals surface area contributed by atoms with Gasteiger partial charge in [0, 0.05) is 17.1 Å². The van der Waals surface area contributed by atoms with Crippen molar-refractivity contribution in [2.24, 2.45) is 5.73 Å². The highest BCUT2D eigenvalue weighted by Crippen LogP contribution is 2.36. The zero-order chi connectivity index (χ0) is 12.5. The van der Waals surface area contributed by atoms with Crippen LogP contribution in [0.25, 0.3) is 10.9 Å². The molecular formula is C14H18N2O. The molecule has 17 heavy (non-hydrogen) atoms. The summed E-state index contributed by atoms with van der Waals surface area (Å²) in [5, 5.41) is 1.09. The number of benzene rings is 1. The Labute approximate surface area is 101 Å². The lowest BCUT2D eigenvalue weighted by molar-refractivity contribution is -0.123. The van der Waals surface area contributed by atoms with Crippen molar-refractivity contribution in [2.45, 2.75) is 32.1 Å². The van der Waals surface area contributed by atoms with Gasteiger partial charge in [-0.15, -0.1) is 0 Å². The van der Waals surface area contributed by atoms with E-state index in [4.69, 9.17) is 5.73 Å². The lowest BCUT2D eigenvalue weighted by Gasteiger charge is -2.27. The van der Waals surface area contributed by atoms with Gasteiger partial charge in [-0.2, -0.15) is 0 Å². The second-order valence-electron chi connectivity index (χ2n) is 4.40. The van der Waals surface area contributed by atoms with Gasteiger partial charge in [-0.3, -0.25) is 4.79 Å². The molecule has 0 saturated heterocycles. The van der Waals surface area contributed by atoms with Crippen molar-refractivity contribution in [3.8, 4) is 0 Å². The number of nitrogens with two attached hydrogens (primary N) is 1. The Bertz CT molecular complexity index is 538. The highest BCUT2D eigenvalue weighted by atomic mass is 16.1. The lowest BCUT2D eigenvalue weighted by atomic mass is 9.75. The number of para-hydroxylation sites is 1. The van der Waals surface area contributed by atoms with Crippen LogP contribution in [0.15, 0.2) is 30.5 Å². The van der Waals surface area contributed by atoms with Crippen molar-refractivity contribution in [3.63, 3.8) is 0 Å². The first kappa shape index (κ1) is 11.7. The quantitative estimate of drug-likeness (QED) is 0.833. The molecule has 0 bridgehead atoms. The molecule has 0 aliphatic rings. The number of hydrogen-bond acceptors (Lipinski definition) is 1. The summed E-state index contributed by atoms with van der Waals surface area (Å²) in [4.78, 5) is 15.0. The van der Waals surface area contributed by atoms with Crippen LogP contribution in [0.4, 0.5) is 0 Å². The van der Waals surface area contributed by atoms with Crippen LogP contribution >= 0.6 is 0 Å². The summed E-state index contributed by atoms with van der Waals surface area (Å²) < 4.78 is 0. The van der Waals surface area contributed by atoms with Gasteiger partial charge in [0.15, 0.2) is 0 Å². The van der Waals surface area contributed by atoms with E-state index in [2.05, 4.69) is 4.98 Å². The molecule has 0 radical (unpaired) electrons. The molecule has 1 aromatic carbocycles. The van der Waals surface area contributed by atoms with Gasteiger partial charge < -0.3 is 10.7 Å². The molecule has 0 atom stereocenters. The number of aromatic amines is 1. The molecule has 0 unspecified atom stereocenters. The molecule has 1 aromatic heterocycles. The van der Waals surface area contributed by atoms with Crippen LogP contribution < -0.4 is 5.73 Å². The molecule has 1 heterocycles. The monoisotopic (exact) mass is 230 g/mol. The first-order valence-electron chi connectivity index (χ1n) is 6.02. The molecule has 0 aliphatic carbocycles. The van der Waals surface area contributed by atoms with Crippen molar-refractivity contribution >= 4 is 16.8 Å². The van der Waals surface area contributed by atoms with Crippen molar-refractivity contribution in [1.82, 2.24) is 4.98 Å². The van der Waals surface area contributed by atoms with E-state index in [0.29, 0.717) is 0 Å². The molecule has 3 heteroatoms. The minimum absolute atomic E-state index is 0.243. The Morgan fingerprint density at radius 1 is 1.29 bits per heavy atom. The Kier molecular flexibility index (Phi) is 2.92. The summed E-state index contributed by atoms with van der Waals surface area (Å²) in [6, 6.07) is 8.00. The zero-order valence-electron chi connectivity index (χ0n) is 10.3. The van der Waals surface area contributed by atoms with Gasteiger partial charge in [0.05, 0.1) is 5.41 Å². The minimum Gasteiger partial charge on any atom is -0.369 e. The predicted molar refractivity (Wildman–Crippen MR) is 69.8 cm³/mol. The van der Waals surface area contributed by atoms with E-state index < -0.39 is 5.41 Å². The molecule has 0 aliphatic heterocycles. The maximum atomic E-state index is 11.8. The minimum atomic E-state index is -0.556. The molecule has 2 aromatic rings. The first-order valence-corrected chi connectivity index (χ1v) is 6.02. The Morgan fingerprint density at radius 3 is 2.53 bits per heavy atom. The van der Waals surface area contributed by atoms with E-state index in [1.807, 2.05) is 44.3 Å². The van der Waals surface area contributed by atoms with Crippen molar-refractivity contribution in [3.05, 3.63) is 36.0 Å². The third-order valence-electron chi connectivity index (χ3n) is 3.78. The molecule has 1 amide bonds. The van der Waals surface area contributed by atoms with E-state index in [1.54, 1.807) is 0 Å². The normalized spacial score (nSPS) is 11.9. The van der Waals surface area contributed by atoms with Crippen LogP contribution in [-0.2, 0) is 10.2 Å². The number of rotatable bonds is 4. The Hall–Kier alpha value is -1.77. The molecule has 3 N–H and O–H groups in total. The molecule has 90 valence electrons. The largest absolute Gasteiger partial charge is 0.369 e. The van der Waals surface area contributed by atoms with Gasteiger partial charge in [-0.05, 0) is 24.5 Å². The van der Waals surface area contributed by atoms with Crippen molar-refractivity contribution in [1.29, 1.82) is 0 Å². The highest BCUT2D eigenvalue weighted by Gasteiger charge is 2.36. The van der Waals surface area contributed by atoms with E-state index in [1.165, 1.54) is 0 Å². The summed E-state index contributed by atoms with van der Waals surface area (Å²) in [6.07, 6.45) is 3.36. The van der Waals surface area contributed by atoms with Crippen LogP contribution in [0.5, 0.6) is 0 Å². The molecule has 2 rings (SSSR count). The summed E-state index contributed by atoms with van der Waals surface area (Å²) in [5.41, 5.74) is 7.14. The average Bonchev–Trinajstić information content (AvgIpc) is 2.76. The van der Waals surface area contributed by atoms with E-state index in [9.17, 15) is 4.79 Å². The Balaban J connectivity index is 2.69. The maximum Gasteiger partial charge on any atom is 0.228 e. The highest BCUT2D eigenvalue weighted by molar-refractivity contribution is 5.94. The fourth-order valence-electron chi connectivity index (χ4n) is 2.58. The fourth-order valence-corrected chi connectivity index (χ4v) is 2.58. The number of hydrogen-bond donors (Lipinski definition) is 2. The second kappa shape index (κ2) is 4.24. The van der Waals surface area contributed by atoms with Crippen LogP contribution in [0.1, 0.15) is 32.3 Å². The third kappa shape index (κ3) is 1.62. The number of nitrogens with one attached hydrogen (secondary N) is 1. The number of fused-ring (bicyclic) bond motifs is 1. The van der Waals surface area contributed by atoms with E-state index >= 15 is 0 Å². The molecule has 3 nitrogen and oxygen atoms in total. The van der Waals surface area contributed by atoms with Crippen LogP contribution in [0, 0.1) is 0 Å².